The zero-order valence-corrected chi connectivity index (χ0v) is 16.1. The van der Waals surface area contributed by atoms with Crippen molar-refractivity contribution in [3.63, 3.8) is 0 Å². The summed E-state index contributed by atoms with van der Waals surface area (Å²) in [6, 6.07) is 13.0. The maximum atomic E-state index is 12.9. The maximum absolute atomic E-state index is 12.9. The van der Waals surface area contributed by atoms with E-state index in [2.05, 4.69) is 34.1 Å². The highest BCUT2D eigenvalue weighted by atomic mass is 32.2. The van der Waals surface area contributed by atoms with Gasteiger partial charge < -0.3 is 4.90 Å². The average molecular weight is 385 g/mol. The quantitative estimate of drug-likeness (QED) is 0.801. The van der Waals surface area contributed by atoms with Crippen molar-refractivity contribution in [2.45, 2.75) is 25.6 Å². The first-order valence-electron chi connectivity index (χ1n) is 9.15. The molecular formula is C20H23N3O3S. The first-order valence-corrected chi connectivity index (χ1v) is 11.0. The monoisotopic (exact) mass is 385 g/mol. The minimum atomic E-state index is -3.17. The maximum Gasteiger partial charge on any atom is 0.272 e. The second kappa shape index (κ2) is 7.05. The van der Waals surface area contributed by atoms with Crippen molar-refractivity contribution < 1.29 is 13.2 Å². The van der Waals surface area contributed by atoms with Crippen LogP contribution in [0.4, 0.5) is 0 Å². The summed E-state index contributed by atoms with van der Waals surface area (Å²) >= 11 is 0. The van der Waals surface area contributed by atoms with Gasteiger partial charge in [-0.05, 0) is 24.6 Å². The molecule has 7 heteroatoms. The molecule has 1 aromatic heterocycles. The van der Waals surface area contributed by atoms with Crippen LogP contribution in [0.25, 0.3) is 0 Å². The number of piperazine rings is 1. The number of amides is 1. The van der Waals surface area contributed by atoms with Crippen LogP contribution in [0.1, 0.15) is 21.6 Å². The van der Waals surface area contributed by atoms with Gasteiger partial charge in [-0.25, -0.2) is 8.42 Å². The molecule has 1 amide bonds. The molecule has 0 radical (unpaired) electrons. The SMILES string of the molecule is Cc1ccc(CN2CCN(C(=O)c3ccccn3)[C@@H]3CS(=O)(=O)C[C@@H]32)cc1. The van der Waals surface area contributed by atoms with Gasteiger partial charge in [0.15, 0.2) is 9.84 Å². The minimum Gasteiger partial charge on any atom is -0.330 e. The molecule has 2 atom stereocenters. The lowest BCUT2D eigenvalue weighted by atomic mass is 10.0. The van der Waals surface area contributed by atoms with Gasteiger partial charge >= 0.3 is 0 Å². The third-order valence-corrected chi connectivity index (χ3v) is 7.14. The van der Waals surface area contributed by atoms with Crippen LogP contribution in [-0.2, 0) is 16.4 Å². The van der Waals surface area contributed by atoms with Crippen LogP contribution in [0.15, 0.2) is 48.7 Å². The van der Waals surface area contributed by atoms with Gasteiger partial charge in [-0.2, -0.15) is 0 Å². The number of aromatic nitrogens is 1. The molecule has 1 aromatic carbocycles. The number of rotatable bonds is 3. The zero-order chi connectivity index (χ0) is 19.0. The van der Waals surface area contributed by atoms with Crippen LogP contribution in [0.3, 0.4) is 0 Å². The van der Waals surface area contributed by atoms with Crippen LogP contribution in [-0.4, -0.2) is 65.8 Å². The second-order valence-electron chi connectivity index (χ2n) is 7.38. The van der Waals surface area contributed by atoms with E-state index in [1.54, 1.807) is 29.3 Å². The average Bonchev–Trinajstić information content (AvgIpc) is 2.99. The number of hydrogen-bond donors (Lipinski definition) is 0. The molecule has 2 fully saturated rings. The minimum absolute atomic E-state index is 0.0284. The molecule has 2 aliphatic rings. The largest absolute Gasteiger partial charge is 0.330 e. The highest BCUT2D eigenvalue weighted by molar-refractivity contribution is 7.91. The summed E-state index contributed by atoms with van der Waals surface area (Å²) in [5.41, 5.74) is 2.73. The van der Waals surface area contributed by atoms with E-state index in [-0.39, 0.29) is 29.5 Å². The van der Waals surface area contributed by atoms with Crippen LogP contribution < -0.4 is 0 Å². The summed E-state index contributed by atoms with van der Waals surface area (Å²) in [5.74, 6) is -0.0476. The van der Waals surface area contributed by atoms with Crippen molar-refractivity contribution in [2.24, 2.45) is 0 Å². The summed E-state index contributed by atoms with van der Waals surface area (Å²) in [4.78, 5) is 21.0. The van der Waals surface area contributed by atoms with Crippen molar-refractivity contribution >= 4 is 15.7 Å². The van der Waals surface area contributed by atoms with Crippen molar-refractivity contribution in [3.05, 3.63) is 65.5 Å². The predicted molar refractivity (Wildman–Crippen MR) is 103 cm³/mol. The lowest BCUT2D eigenvalue weighted by Crippen LogP contribution is -2.60. The van der Waals surface area contributed by atoms with Gasteiger partial charge in [0.05, 0.1) is 17.5 Å². The summed E-state index contributed by atoms with van der Waals surface area (Å²) in [5, 5.41) is 0. The Labute approximate surface area is 159 Å². The molecule has 6 nitrogen and oxygen atoms in total. The Bertz CT molecular complexity index is 929. The first kappa shape index (κ1) is 18.1. The predicted octanol–water partition coefficient (Wildman–Crippen LogP) is 1.51. The molecule has 4 rings (SSSR count). The molecule has 0 spiro atoms. The van der Waals surface area contributed by atoms with E-state index in [1.807, 2.05) is 6.92 Å². The van der Waals surface area contributed by atoms with Crippen LogP contribution >= 0.6 is 0 Å². The van der Waals surface area contributed by atoms with E-state index in [0.29, 0.717) is 25.3 Å². The van der Waals surface area contributed by atoms with Gasteiger partial charge in [-0.3, -0.25) is 14.7 Å². The Morgan fingerprint density at radius 2 is 1.81 bits per heavy atom. The van der Waals surface area contributed by atoms with Crippen molar-refractivity contribution in [1.29, 1.82) is 0 Å². The molecule has 2 aromatic rings. The second-order valence-corrected chi connectivity index (χ2v) is 9.54. The van der Waals surface area contributed by atoms with Crippen LogP contribution in [0.2, 0.25) is 0 Å². The van der Waals surface area contributed by atoms with E-state index >= 15 is 0 Å². The molecule has 27 heavy (non-hydrogen) atoms. The number of carbonyl (C=O) groups is 1. The van der Waals surface area contributed by atoms with Gasteiger partial charge in [0.2, 0.25) is 0 Å². The van der Waals surface area contributed by atoms with E-state index < -0.39 is 9.84 Å². The number of hydrogen-bond acceptors (Lipinski definition) is 5. The Balaban J connectivity index is 1.57. The number of carbonyl (C=O) groups excluding carboxylic acids is 1. The molecule has 0 unspecified atom stereocenters. The van der Waals surface area contributed by atoms with Gasteiger partial charge in [0, 0.05) is 31.9 Å². The number of aryl methyl sites for hydroxylation is 1. The number of sulfone groups is 1. The van der Waals surface area contributed by atoms with Crippen molar-refractivity contribution in [3.8, 4) is 0 Å². The summed E-state index contributed by atoms with van der Waals surface area (Å²) in [6.45, 7) is 3.91. The Kier molecular flexibility index (Phi) is 4.74. The summed E-state index contributed by atoms with van der Waals surface area (Å²) < 4.78 is 24.7. The number of fused-ring (bicyclic) bond motifs is 1. The van der Waals surface area contributed by atoms with Crippen LogP contribution in [0.5, 0.6) is 0 Å². The van der Waals surface area contributed by atoms with Crippen molar-refractivity contribution in [2.75, 3.05) is 24.6 Å². The lowest BCUT2D eigenvalue weighted by Gasteiger charge is -2.43. The van der Waals surface area contributed by atoms with E-state index in [9.17, 15) is 13.2 Å². The molecule has 142 valence electrons. The topological polar surface area (TPSA) is 70.6 Å². The van der Waals surface area contributed by atoms with Crippen molar-refractivity contribution in [1.82, 2.24) is 14.8 Å². The van der Waals surface area contributed by atoms with E-state index in [4.69, 9.17) is 0 Å². The highest BCUT2D eigenvalue weighted by Gasteiger charge is 2.48. The van der Waals surface area contributed by atoms with Gasteiger partial charge in [-0.1, -0.05) is 35.9 Å². The molecule has 0 N–H and O–H groups in total. The molecule has 2 aliphatic heterocycles. The Hall–Kier alpha value is -2.25. The number of benzene rings is 1. The standard InChI is InChI=1S/C20H23N3O3S/c1-15-5-7-16(8-6-15)12-22-10-11-23(19-14-27(25,26)13-18(19)22)20(24)17-4-2-3-9-21-17/h2-9,18-19H,10-14H2,1H3/t18-,19+/m0/s1. The third-order valence-electron chi connectivity index (χ3n) is 5.44. The number of nitrogens with zero attached hydrogens (tertiary/aromatic N) is 3. The molecule has 0 saturated carbocycles. The van der Waals surface area contributed by atoms with Gasteiger partial charge in [-0.15, -0.1) is 0 Å². The van der Waals surface area contributed by atoms with Gasteiger partial charge in [0.1, 0.15) is 5.69 Å². The van der Waals surface area contributed by atoms with E-state index in [1.165, 1.54) is 5.56 Å². The molecule has 0 aliphatic carbocycles. The smallest absolute Gasteiger partial charge is 0.272 e. The molecule has 2 saturated heterocycles. The van der Waals surface area contributed by atoms with E-state index in [0.717, 1.165) is 5.56 Å². The fraction of sp³-hybridized carbons (Fsp3) is 0.400. The normalized spacial score (nSPS) is 24.6. The highest BCUT2D eigenvalue weighted by Crippen LogP contribution is 2.29. The first-order chi connectivity index (χ1) is 12.9. The summed E-state index contributed by atoms with van der Waals surface area (Å²) in [6.07, 6.45) is 1.59. The lowest BCUT2D eigenvalue weighted by molar-refractivity contribution is 0.0301. The molecule has 0 bridgehead atoms. The molecule has 3 heterocycles. The fourth-order valence-electron chi connectivity index (χ4n) is 4.04. The third kappa shape index (κ3) is 3.75. The van der Waals surface area contributed by atoms with Gasteiger partial charge in [0.25, 0.3) is 5.91 Å². The molecular weight excluding hydrogens is 362 g/mol. The number of pyridine rings is 1. The Morgan fingerprint density at radius 1 is 1.07 bits per heavy atom. The Morgan fingerprint density at radius 3 is 2.52 bits per heavy atom. The zero-order valence-electron chi connectivity index (χ0n) is 15.3. The fourth-order valence-corrected chi connectivity index (χ4v) is 6.05. The summed E-state index contributed by atoms with van der Waals surface area (Å²) in [7, 11) is -3.17. The van der Waals surface area contributed by atoms with Crippen LogP contribution in [0, 0.1) is 6.92 Å².